The molecule has 4 heteroatoms. The van der Waals surface area contributed by atoms with Gasteiger partial charge in [-0.3, -0.25) is 4.79 Å². The molecule has 0 aliphatic rings. The maximum absolute atomic E-state index is 13.0. The summed E-state index contributed by atoms with van der Waals surface area (Å²) in [7, 11) is 0. The van der Waals surface area contributed by atoms with Crippen LogP contribution in [-0.4, -0.2) is 12.4 Å². The number of thiophene rings is 1. The van der Waals surface area contributed by atoms with E-state index in [2.05, 4.69) is 0 Å². The molecule has 0 amide bonds. The number of ether oxygens (including phenoxy) is 1. The molecule has 0 N–H and O–H groups in total. The molecule has 1 aromatic heterocycles. The van der Waals surface area contributed by atoms with E-state index in [0.29, 0.717) is 17.9 Å². The normalized spacial score (nSPS) is 10.3. The molecule has 1 aromatic carbocycles. The Morgan fingerprint density at radius 3 is 2.89 bits per heavy atom. The molecule has 0 atom stereocenters. The molecule has 0 bridgehead atoms. The van der Waals surface area contributed by atoms with Crippen LogP contribution in [0.2, 0.25) is 0 Å². The summed E-state index contributed by atoms with van der Waals surface area (Å²) in [5, 5.41) is 2.01. The van der Waals surface area contributed by atoms with E-state index in [4.69, 9.17) is 4.74 Å². The van der Waals surface area contributed by atoms with Gasteiger partial charge in [-0.2, -0.15) is 0 Å². The van der Waals surface area contributed by atoms with E-state index in [9.17, 15) is 9.18 Å². The third kappa shape index (κ3) is 3.17. The van der Waals surface area contributed by atoms with Crippen LogP contribution < -0.4 is 4.74 Å². The van der Waals surface area contributed by atoms with Gasteiger partial charge >= 0.3 is 0 Å². The van der Waals surface area contributed by atoms with Crippen molar-refractivity contribution in [3.63, 3.8) is 0 Å². The van der Waals surface area contributed by atoms with Crippen LogP contribution in [0.5, 0.6) is 5.75 Å². The summed E-state index contributed by atoms with van der Waals surface area (Å²) in [6, 6.07) is 8.03. The number of carbonyl (C=O) groups excluding carboxylic acids is 1. The van der Waals surface area contributed by atoms with Crippen LogP contribution in [0, 0.1) is 5.82 Å². The van der Waals surface area contributed by atoms with Crippen LogP contribution in [-0.2, 0) is 6.42 Å². The Kier molecular flexibility index (Phi) is 4.10. The van der Waals surface area contributed by atoms with Gasteiger partial charge in [-0.05, 0) is 36.6 Å². The molecule has 2 nitrogen and oxygen atoms in total. The minimum absolute atomic E-state index is 0.194. The van der Waals surface area contributed by atoms with Crippen molar-refractivity contribution in [1.29, 1.82) is 0 Å². The molecule has 2 aromatic rings. The molecule has 0 aliphatic heterocycles. The summed E-state index contributed by atoms with van der Waals surface area (Å²) in [6.45, 7) is 1.88. The fourth-order valence-corrected chi connectivity index (χ4v) is 2.31. The van der Waals surface area contributed by atoms with Crippen molar-refractivity contribution in [3.05, 3.63) is 52.0 Å². The Morgan fingerprint density at radius 1 is 1.39 bits per heavy atom. The lowest BCUT2D eigenvalue weighted by Gasteiger charge is -2.09. The number of hydrogen-bond acceptors (Lipinski definition) is 3. The molecule has 18 heavy (non-hydrogen) atoms. The number of benzene rings is 1. The fraction of sp³-hybridized carbons (Fsp3) is 0.214. The third-order valence-corrected chi connectivity index (χ3v) is 3.44. The Labute approximate surface area is 109 Å². The maximum atomic E-state index is 13.0. The molecule has 0 radical (unpaired) electrons. The molecule has 0 aliphatic carbocycles. The van der Waals surface area contributed by atoms with Crippen LogP contribution in [0.4, 0.5) is 4.39 Å². The van der Waals surface area contributed by atoms with E-state index in [1.807, 2.05) is 17.5 Å². The monoisotopic (exact) mass is 264 g/mol. The molecule has 0 fully saturated rings. The minimum atomic E-state index is -0.425. The number of rotatable bonds is 5. The molecule has 0 unspecified atom stereocenters. The summed E-state index contributed by atoms with van der Waals surface area (Å²) < 4.78 is 18.6. The van der Waals surface area contributed by atoms with Gasteiger partial charge in [0.1, 0.15) is 11.6 Å². The Morgan fingerprint density at radius 2 is 2.22 bits per heavy atom. The third-order valence-electron chi connectivity index (χ3n) is 2.51. The predicted molar refractivity (Wildman–Crippen MR) is 69.9 cm³/mol. The number of ketones is 1. The zero-order valence-electron chi connectivity index (χ0n) is 9.98. The highest BCUT2D eigenvalue weighted by Crippen LogP contribution is 2.21. The highest BCUT2D eigenvalue weighted by Gasteiger charge is 2.09. The molecule has 0 saturated carbocycles. The molecular formula is C14H13FO2S. The first-order chi connectivity index (χ1) is 8.66. The summed E-state index contributed by atoms with van der Waals surface area (Å²) in [6.07, 6.45) is 0.784. The minimum Gasteiger partial charge on any atom is -0.492 e. The molecule has 94 valence electrons. The van der Waals surface area contributed by atoms with E-state index < -0.39 is 5.82 Å². The fourth-order valence-electron chi connectivity index (χ4n) is 1.62. The number of Topliss-reactive ketones (excluding diaryl/α,β-unsaturated/α-hetero) is 1. The van der Waals surface area contributed by atoms with Gasteiger partial charge in [-0.25, -0.2) is 4.39 Å². The molecule has 0 spiro atoms. The zero-order chi connectivity index (χ0) is 13.0. The summed E-state index contributed by atoms with van der Waals surface area (Å²) in [5.41, 5.74) is 0.293. The van der Waals surface area contributed by atoms with Crippen molar-refractivity contribution in [1.82, 2.24) is 0 Å². The Hall–Kier alpha value is -1.68. The highest BCUT2D eigenvalue weighted by atomic mass is 32.1. The quantitative estimate of drug-likeness (QED) is 0.769. The van der Waals surface area contributed by atoms with Gasteiger partial charge < -0.3 is 4.74 Å². The Balaban J connectivity index is 2.02. The lowest BCUT2D eigenvalue weighted by Crippen LogP contribution is -2.05. The SMILES string of the molecule is CC(=O)c1cc(F)ccc1OCCc1cccs1. The van der Waals surface area contributed by atoms with Crippen molar-refractivity contribution in [2.24, 2.45) is 0 Å². The number of halogens is 1. The molecular weight excluding hydrogens is 251 g/mol. The van der Waals surface area contributed by atoms with Gasteiger partial charge in [0.2, 0.25) is 0 Å². The van der Waals surface area contributed by atoms with Gasteiger partial charge in [0.15, 0.2) is 5.78 Å². The van der Waals surface area contributed by atoms with Gasteiger partial charge in [0, 0.05) is 11.3 Å². The molecule has 2 rings (SSSR count). The summed E-state index contributed by atoms with van der Waals surface area (Å²) >= 11 is 1.66. The van der Waals surface area contributed by atoms with E-state index >= 15 is 0 Å². The standard InChI is InChI=1S/C14H13FO2S/c1-10(16)13-9-11(15)4-5-14(13)17-7-6-12-3-2-8-18-12/h2-5,8-9H,6-7H2,1H3. The van der Waals surface area contributed by atoms with E-state index in [-0.39, 0.29) is 5.78 Å². The lowest BCUT2D eigenvalue weighted by molar-refractivity contribution is 0.101. The lowest BCUT2D eigenvalue weighted by atomic mass is 10.1. The van der Waals surface area contributed by atoms with Crippen molar-refractivity contribution in [2.75, 3.05) is 6.61 Å². The second-order valence-electron chi connectivity index (χ2n) is 3.87. The van der Waals surface area contributed by atoms with E-state index in [0.717, 1.165) is 6.42 Å². The smallest absolute Gasteiger partial charge is 0.163 e. The topological polar surface area (TPSA) is 26.3 Å². The van der Waals surface area contributed by atoms with Gasteiger partial charge in [0.05, 0.1) is 12.2 Å². The van der Waals surface area contributed by atoms with Crippen molar-refractivity contribution >= 4 is 17.1 Å². The van der Waals surface area contributed by atoms with Crippen molar-refractivity contribution in [3.8, 4) is 5.75 Å². The average molecular weight is 264 g/mol. The zero-order valence-corrected chi connectivity index (χ0v) is 10.8. The van der Waals surface area contributed by atoms with Crippen LogP contribution in [0.25, 0.3) is 0 Å². The van der Waals surface area contributed by atoms with Crippen LogP contribution in [0.1, 0.15) is 22.2 Å². The summed E-state index contributed by atoms with van der Waals surface area (Å²) in [4.78, 5) is 12.6. The predicted octanol–water partition coefficient (Wildman–Crippen LogP) is 3.71. The van der Waals surface area contributed by atoms with Crippen LogP contribution in [0.3, 0.4) is 0 Å². The first kappa shape index (κ1) is 12.8. The Bertz CT molecular complexity index is 535. The number of carbonyl (C=O) groups is 1. The largest absolute Gasteiger partial charge is 0.492 e. The molecule has 1 heterocycles. The van der Waals surface area contributed by atoms with Crippen molar-refractivity contribution in [2.45, 2.75) is 13.3 Å². The molecule has 0 saturated heterocycles. The van der Waals surface area contributed by atoms with Crippen LogP contribution in [0.15, 0.2) is 35.7 Å². The van der Waals surface area contributed by atoms with Gasteiger partial charge in [-0.15, -0.1) is 11.3 Å². The highest BCUT2D eigenvalue weighted by molar-refractivity contribution is 7.09. The average Bonchev–Trinajstić information content (AvgIpc) is 2.84. The maximum Gasteiger partial charge on any atom is 0.163 e. The summed E-state index contributed by atoms with van der Waals surface area (Å²) in [5.74, 6) is -0.174. The van der Waals surface area contributed by atoms with Gasteiger partial charge in [-0.1, -0.05) is 6.07 Å². The number of hydrogen-bond donors (Lipinski definition) is 0. The second kappa shape index (κ2) is 5.78. The van der Waals surface area contributed by atoms with Crippen molar-refractivity contribution < 1.29 is 13.9 Å². The van der Waals surface area contributed by atoms with Gasteiger partial charge in [0.25, 0.3) is 0 Å². The van der Waals surface area contributed by atoms with Crippen LogP contribution >= 0.6 is 11.3 Å². The first-order valence-corrected chi connectivity index (χ1v) is 6.50. The second-order valence-corrected chi connectivity index (χ2v) is 4.91. The van der Waals surface area contributed by atoms with E-state index in [1.165, 1.54) is 30.0 Å². The first-order valence-electron chi connectivity index (χ1n) is 5.62. The van der Waals surface area contributed by atoms with E-state index in [1.54, 1.807) is 11.3 Å².